The third kappa shape index (κ3) is 9.55. The fourth-order valence-electron chi connectivity index (χ4n) is 3.94. The largest absolute Gasteiger partial charge is 0.481 e. The highest BCUT2D eigenvalue weighted by atomic mass is 32.2. The fraction of sp³-hybridized carbons (Fsp3) is 0.310. The van der Waals surface area contributed by atoms with E-state index in [2.05, 4.69) is 20.9 Å². The second-order valence-corrected chi connectivity index (χ2v) is 9.78. The van der Waals surface area contributed by atoms with E-state index >= 15 is 0 Å². The van der Waals surface area contributed by atoms with Gasteiger partial charge in [-0.05, 0) is 53.7 Å². The molecule has 38 heavy (non-hydrogen) atoms. The van der Waals surface area contributed by atoms with Crippen LogP contribution in [-0.4, -0.2) is 52.5 Å². The lowest BCUT2D eigenvalue weighted by atomic mass is 9.98. The quantitative estimate of drug-likeness (QED) is 0.212. The summed E-state index contributed by atoms with van der Waals surface area (Å²) < 4.78 is 0. The van der Waals surface area contributed by atoms with E-state index in [4.69, 9.17) is 0 Å². The molecule has 0 spiro atoms. The standard InChI is InChI=1S/C29H34N4O4S/c1-38-19-16-24(32-27(34)11-7-18-31-26-10-5-6-17-30-26)29(37)33-25(20-28(35)36)23-14-12-22(13-15-23)21-8-3-2-4-9-21/h2-6,8-10,12-15,17,24-25H,7,11,16,18-20H2,1H3,(H,30,31)(H,32,34)(H,33,37)(H,35,36)/t24-,25?/m1/s1. The Kier molecular flexibility index (Phi) is 11.6. The van der Waals surface area contributed by atoms with Crippen LogP contribution in [0.25, 0.3) is 11.1 Å². The second kappa shape index (κ2) is 15.4. The summed E-state index contributed by atoms with van der Waals surface area (Å²) in [6, 6.07) is 21.4. The summed E-state index contributed by atoms with van der Waals surface area (Å²) in [6.45, 7) is 0.575. The van der Waals surface area contributed by atoms with Crippen LogP contribution in [0.4, 0.5) is 5.82 Å². The minimum absolute atomic E-state index is 0.226. The van der Waals surface area contributed by atoms with Gasteiger partial charge in [-0.15, -0.1) is 0 Å². The van der Waals surface area contributed by atoms with Gasteiger partial charge in [0.25, 0.3) is 0 Å². The predicted octanol–water partition coefficient (Wildman–Crippen LogP) is 4.51. The molecule has 2 aromatic carbocycles. The van der Waals surface area contributed by atoms with Crippen LogP contribution in [-0.2, 0) is 14.4 Å². The van der Waals surface area contributed by atoms with Gasteiger partial charge in [0.1, 0.15) is 11.9 Å². The van der Waals surface area contributed by atoms with E-state index in [1.54, 1.807) is 18.0 Å². The number of aliphatic carboxylic acids is 1. The van der Waals surface area contributed by atoms with Crippen LogP contribution in [0.15, 0.2) is 79.0 Å². The van der Waals surface area contributed by atoms with Crippen LogP contribution >= 0.6 is 11.8 Å². The summed E-state index contributed by atoms with van der Waals surface area (Å²) in [5.41, 5.74) is 2.74. The number of thioether (sulfide) groups is 1. The predicted molar refractivity (Wildman–Crippen MR) is 152 cm³/mol. The monoisotopic (exact) mass is 534 g/mol. The number of anilines is 1. The summed E-state index contributed by atoms with van der Waals surface area (Å²) in [5.74, 6) is -0.220. The molecule has 0 radical (unpaired) electrons. The number of amides is 2. The molecule has 1 aromatic heterocycles. The summed E-state index contributed by atoms with van der Waals surface area (Å²) >= 11 is 1.58. The smallest absolute Gasteiger partial charge is 0.305 e. The second-order valence-electron chi connectivity index (χ2n) is 8.79. The first-order valence-corrected chi connectivity index (χ1v) is 14.0. The number of benzene rings is 2. The maximum Gasteiger partial charge on any atom is 0.305 e. The number of pyridine rings is 1. The van der Waals surface area contributed by atoms with Crippen molar-refractivity contribution in [1.82, 2.24) is 15.6 Å². The molecular weight excluding hydrogens is 500 g/mol. The molecule has 4 N–H and O–H groups in total. The van der Waals surface area contributed by atoms with Gasteiger partial charge in [-0.1, -0.05) is 60.7 Å². The number of carboxylic acid groups (broad SMARTS) is 1. The first kappa shape index (κ1) is 28.7. The molecule has 1 heterocycles. The van der Waals surface area contributed by atoms with Crippen LogP contribution < -0.4 is 16.0 Å². The van der Waals surface area contributed by atoms with Gasteiger partial charge in [0.15, 0.2) is 0 Å². The average Bonchev–Trinajstić information content (AvgIpc) is 2.94. The molecule has 0 bridgehead atoms. The number of hydrogen-bond donors (Lipinski definition) is 4. The van der Waals surface area contributed by atoms with Gasteiger partial charge in [0, 0.05) is 19.2 Å². The zero-order chi connectivity index (χ0) is 27.2. The molecule has 0 fully saturated rings. The Balaban J connectivity index is 1.60. The topological polar surface area (TPSA) is 120 Å². The van der Waals surface area contributed by atoms with Crippen molar-refractivity contribution in [2.45, 2.75) is 37.8 Å². The zero-order valence-corrected chi connectivity index (χ0v) is 22.2. The summed E-state index contributed by atoms with van der Waals surface area (Å²) in [5, 5.41) is 18.3. The molecule has 0 aliphatic carbocycles. The van der Waals surface area contributed by atoms with Crippen LogP contribution in [0.3, 0.4) is 0 Å². The van der Waals surface area contributed by atoms with Gasteiger partial charge in [-0.25, -0.2) is 4.98 Å². The maximum absolute atomic E-state index is 13.2. The normalized spacial score (nSPS) is 12.2. The van der Waals surface area contributed by atoms with Gasteiger partial charge in [-0.2, -0.15) is 11.8 Å². The van der Waals surface area contributed by atoms with E-state index in [1.807, 2.05) is 79.1 Å². The Morgan fingerprint density at radius 1 is 0.921 bits per heavy atom. The van der Waals surface area contributed by atoms with Crippen molar-refractivity contribution in [1.29, 1.82) is 0 Å². The van der Waals surface area contributed by atoms with Crippen molar-refractivity contribution in [2.24, 2.45) is 0 Å². The van der Waals surface area contributed by atoms with Gasteiger partial charge < -0.3 is 21.1 Å². The number of nitrogens with zero attached hydrogens (tertiary/aromatic N) is 1. The molecule has 3 rings (SSSR count). The van der Waals surface area contributed by atoms with Crippen LogP contribution in [0.1, 0.15) is 37.3 Å². The van der Waals surface area contributed by atoms with E-state index in [0.29, 0.717) is 30.7 Å². The number of carbonyl (C=O) groups excluding carboxylic acids is 2. The Bertz CT molecular complexity index is 1160. The van der Waals surface area contributed by atoms with E-state index < -0.39 is 24.0 Å². The van der Waals surface area contributed by atoms with Crippen molar-refractivity contribution >= 4 is 35.4 Å². The zero-order valence-electron chi connectivity index (χ0n) is 21.4. The maximum atomic E-state index is 13.2. The number of nitrogens with one attached hydrogen (secondary N) is 3. The van der Waals surface area contributed by atoms with E-state index in [0.717, 1.165) is 16.9 Å². The molecule has 0 aliphatic heterocycles. The van der Waals surface area contributed by atoms with Crippen LogP contribution in [0, 0.1) is 0 Å². The van der Waals surface area contributed by atoms with Crippen LogP contribution in [0.5, 0.6) is 0 Å². The first-order chi connectivity index (χ1) is 18.5. The molecule has 1 unspecified atom stereocenters. The Morgan fingerprint density at radius 3 is 2.29 bits per heavy atom. The minimum Gasteiger partial charge on any atom is -0.481 e. The highest BCUT2D eigenvalue weighted by Crippen LogP contribution is 2.23. The molecule has 3 aromatic rings. The lowest BCUT2D eigenvalue weighted by molar-refractivity contribution is -0.138. The minimum atomic E-state index is -1.02. The molecule has 9 heteroatoms. The van der Waals surface area contributed by atoms with E-state index in [9.17, 15) is 19.5 Å². The molecule has 0 saturated carbocycles. The Morgan fingerprint density at radius 2 is 1.63 bits per heavy atom. The third-order valence-electron chi connectivity index (χ3n) is 5.93. The highest BCUT2D eigenvalue weighted by Gasteiger charge is 2.25. The summed E-state index contributed by atoms with van der Waals surface area (Å²) in [7, 11) is 0. The van der Waals surface area contributed by atoms with Crippen molar-refractivity contribution in [2.75, 3.05) is 23.9 Å². The fourth-order valence-corrected chi connectivity index (χ4v) is 4.41. The average molecular weight is 535 g/mol. The number of carboxylic acids is 1. The summed E-state index contributed by atoms with van der Waals surface area (Å²) in [6.07, 6.45) is 4.63. The molecule has 0 aliphatic rings. The van der Waals surface area contributed by atoms with Crippen molar-refractivity contribution < 1.29 is 19.5 Å². The number of carbonyl (C=O) groups is 3. The SMILES string of the molecule is CSCC[C@@H](NC(=O)CCCNc1ccccn1)C(=O)NC(CC(=O)O)c1ccc(-c2ccccc2)cc1. The van der Waals surface area contributed by atoms with Crippen LogP contribution in [0.2, 0.25) is 0 Å². The third-order valence-corrected chi connectivity index (χ3v) is 6.57. The molecule has 200 valence electrons. The van der Waals surface area contributed by atoms with E-state index in [-0.39, 0.29) is 18.7 Å². The Hall–Kier alpha value is -3.85. The lowest BCUT2D eigenvalue weighted by Gasteiger charge is -2.23. The number of hydrogen-bond acceptors (Lipinski definition) is 6. The summed E-state index contributed by atoms with van der Waals surface area (Å²) in [4.78, 5) is 41.6. The lowest BCUT2D eigenvalue weighted by Crippen LogP contribution is -2.48. The molecule has 2 atom stereocenters. The highest BCUT2D eigenvalue weighted by molar-refractivity contribution is 7.98. The number of aromatic nitrogens is 1. The van der Waals surface area contributed by atoms with Gasteiger partial charge in [0.2, 0.25) is 11.8 Å². The number of rotatable bonds is 15. The first-order valence-electron chi connectivity index (χ1n) is 12.6. The van der Waals surface area contributed by atoms with Crippen molar-refractivity contribution in [3.8, 4) is 11.1 Å². The molecular formula is C29H34N4O4S. The van der Waals surface area contributed by atoms with Crippen molar-refractivity contribution in [3.63, 3.8) is 0 Å². The van der Waals surface area contributed by atoms with Gasteiger partial charge in [-0.3, -0.25) is 14.4 Å². The molecule has 0 saturated heterocycles. The van der Waals surface area contributed by atoms with Gasteiger partial charge in [0.05, 0.1) is 12.5 Å². The molecule has 2 amide bonds. The molecule has 8 nitrogen and oxygen atoms in total. The van der Waals surface area contributed by atoms with Gasteiger partial charge >= 0.3 is 5.97 Å². The van der Waals surface area contributed by atoms with Crippen molar-refractivity contribution in [3.05, 3.63) is 84.6 Å². The van der Waals surface area contributed by atoms with E-state index in [1.165, 1.54) is 0 Å². The Labute approximate surface area is 227 Å².